The Balaban J connectivity index is 0.000000365. The van der Waals surface area contributed by atoms with Gasteiger partial charge in [0.25, 0.3) is 0 Å². The van der Waals surface area contributed by atoms with Gasteiger partial charge in [0.15, 0.2) is 12.6 Å². The maximum atomic E-state index is 10.4. The molecular formula is C26H42O6Sn. The summed E-state index contributed by atoms with van der Waals surface area (Å²) in [6.45, 7) is 8.92. The minimum atomic E-state index is -1.16. The zero-order chi connectivity index (χ0) is 23.9. The molecule has 0 bridgehead atoms. The molecule has 7 heteroatoms. The summed E-state index contributed by atoms with van der Waals surface area (Å²) in [5.74, 6) is 0. The summed E-state index contributed by atoms with van der Waals surface area (Å²) in [5.41, 5.74) is 0.862. The number of hydrogen-bond acceptors (Lipinski definition) is 6. The van der Waals surface area contributed by atoms with E-state index >= 15 is 0 Å². The molecule has 6 nitrogen and oxygen atoms in total. The van der Waals surface area contributed by atoms with E-state index < -0.39 is 37.0 Å². The van der Waals surface area contributed by atoms with Crippen molar-refractivity contribution >= 4 is 21.1 Å². The van der Waals surface area contributed by atoms with Crippen LogP contribution < -0.4 is 0 Å². The van der Waals surface area contributed by atoms with Gasteiger partial charge in [0.2, 0.25) is 0 Å². The first-order chi connectivity index (χ1) is 16.1. The number of allylic oxidation sites excluding steroid dienone is 1. The van der Waals surface area contributed by atoms with Gasteiger partial charge in [-0.3, -0.25) is 0 Å². The SMILES string of the molecule is C=CCCCO[C@H]1O[C@@H]2CO[C@@H](c3ccccc3)O[C@H]2[C@H](O)[C@@H]1O.CCC[CH2][Sn][CH2]CCC. The monoisotopic (exact) mass is 570 g/mol. The summed E-state index contributed by atoms with van der Waals surface area (Å²) in [6.07, 6.45) is 4.39. The van der Waals surface area contributed by atoms with Crippen molar-refractivity contribution in [2.45, 2.75) is 98.2 Å². The van der Waals surface area contributed by atoms with E-state index in [0.29, 0.717) is 6.61 Å². The summed E-state index contributed by atoms with van der Waals surface area (Å²) in [7, 11) is 0. The Morgan fingerprint density at radius 1 is 1.03 bits per heavy atom. The van der Waals surface area contributed by atoms with Crippen molar-refractivity contribution in [3.8, 4) is 0 Å². The average molecular weight is 569 g/mol. The fourth-order valence-electron chi connectivity index (χ4n) is 3.65. The molecule has 0 amide bonds. The number of rotatable bonds is 12. The topological polar surface area (TPSA) is 77.4 Å². The molecule has 6 atom stereocenters. The summed E-state index contributed by atoms with van der Waals surface area (Å²) in [4.78, 5) is 0. The number of aliphatic hydroxyl groups is 2. The van der Waals surface area contributed by atoms with E-state index in [1.807, 2.05) is 30.3 Å². The molecule has 2 aliphatic rings. The first-order valence-electron chi connectivity index (χ1n) is 12.4. The van der Waals surface area contributed by atoms with Gasteiger partial charge in [-0.2, -0.15) is 0 Å². The minimum absolute atomic E-state index is 0.149. The van der Waals surface area contributed by atoms with E-state index in [-0.39, 0.29) is 27.7 Å². The van der Waals surface area contributed by atoms with Gasteiger partial charge in [0, 0.05) is 5.56 Å². The number of hydrogen-bond donors (Lipinski definition) is 2. The number of ether oxygens (including phenoxy) is 4. The summed E-state index contributed by atoms with van der Waals surface area (Å²) >= 11 is 0.149. The molecule has 2 heterocycles. The number of benzene rings is 1. The van der Waals surface area contributed by atoms with Gasteiger partial charge in [-0.25, -0.2) is 0 Å². The van der Waals surface area contributed by atoms with Crippen LogP contribution in [0.4, 0.5) is 0 Å². The second-order valence-electron chi connectivity index (χ2n) is 8.46. The van der Waals surface area contributed by atoms with Crippen LogP contribution in [-0.2, 0) is 18.9 Å². The average Bonchev–Trinajstić information content (AvgIpc) is 2.85. The molecule has 2 fully saturated rings. The first kappa shape index (κ1) is 28.8. The molecule has 2 saturated heterocycles. The summed E-state index contributed by atoms with van der Waals surface area (Å²) in [5, 5.41) is 20.7. The normalized spacial score (nSPS) is 29.0. The quantitative estimate of drug-likeness (QED) is 0.217. The van der Waals surface area contributed by atoms with E-state index in [0.717, 1.165) is 18.4 Å². The number of fused-ring (bicyclic) bond motifs is 1. The third-order valence-electron chi connectivity index (χ3n) is 5.65. The Bertz CT molecular complexity index is 622. The summed E-state index contributed by atoms with van der Waals surface area (Å²) in [6, 6.07) is 9.48. The van der Waals surface area contributed by atoms with Crippen LogP contribution in [0, 0.1) is 0 Å². The molecule has 1 aromatic carbocycles. The summed E-state index contributed by atoms with van der Waals surface area (Å²) < 4.78 is 26.0. The second kappa shape index (κ2) is 17.0. The molecule has 0 aliphatic carbocycles. The Labute approximate surface area is 209 Å². The number of unbranched alkanes of at least 4 members (excludes halogenated alkanes) is 3. The van der Waals surface area contributed by atoms with Crippen molar-refractivity contribution in [2.24, 2.45) is 0 Å². The van der Waals surface area contributed by atoms with Gasteiger partial charge in [0.1, 0.15) is 24.4 Å². The van der Waals surface area contributed by atoms with Gasteiger partial charge in [-0.05, 0) is 12.8 Å². The van der Waals surface area contributed by atoms with Crippen LogP contribution in [0.1, 0.15) is 64.2 Å². The predicted octanol–water partition coefficient (Wildman–Crippen LogP) is 4.66. The fourth-order valence-corrected chi connectivity index (χ4v) is 7.81. The van der Waals surface area contributed by atoms with Crippen LogP contribution in [-0.4, -0.2) is 75.3 Å². The maximum absolute atomic E-state index is 10.4. The van der Waals surface area contributed by atoms with Crippen LogP contribution in [0.5, 0.6) is 0 Å². The molecule has 1 aromatic rings. The Kier molecular flexibility index (Phi) is 14.8. The van der Waals surface area contributed by atoms with E-state index in [4.69, 9.17) is 18.9 Å². The van der Waals surface area contributed by atoms with Crippen molar-refractivity contribution in [1.29, 1.82) is 0 Å². The van der Waals surface area contributed by atoms with Gasteiger partial charge in [0.05, 0.1) is 13.2 Å². The molecule has 0 unspecified atom stereocenters. The standard InChI is InChI=1S/C18H24O6.2C4H9.Sn/c1-2-3-7-10-21-18-15(20)14(19)16-13(23-18)11-22-17(24-16)12-8-5-4-6-9-12;2*1-3-4-2;/h2,4-6,8-9,13-20H,1,3,7,10-11H2;2*1,3-4H2,2H3;/t13-,14-,15+,16-,17-,18+;;;/m1.../s1. The molecule has 2 radical (unpaired) electrons. The van der Waals surface area contributed by atoms with Crippen molar-refractivity contribution in [3.05, 3.63) is 48.6 Å². The Hall–Kier alpha value is -0.481. The predicted molar refractivity (Wildman–Crippen MR) is 131 cm³/mol. The van der Waals surface area contributed by atoms with Crippen molar-refractivity contribution < 1.29 is 29.2 Å². The molecule has 2 N–H and O–H groups in total. The molecule has 3 rings (SSSR count). The van der Waals surface area contributed by atoms with Crippen molar-refractivity contribution in [1.82, 2.24) is 0 Å². The van der Waals surface area contributed by atoms with Gasteiger partial charge in [-0.15, -0.1) is 6.58 Å². The molecule has 0 aromatic heterocycles. The third-order valence-corrected chi connectivity index (χ3v) is 9.69. The van der Waals surface area contributed by atoms with E-state index in [9.17, 15) is 10.2 Å². The molecule has 2 aliphatic heterocycles. The molecule has 0 spiro atoms. The van der Waals surface area contributed by atoms with Crippen LogP contribution in [0.2, 0.25) is 8.87 Å². The molecule has 186 valence electrons. The number of aliphatic hydroxyl groups excluding tert-OH is 2. The fraction of sp³-hybridized carbons (Fsp3) is 0.692. The second-order valence-corrected chi connectivity index (χ2v) is 12.7. The van der Waals surface area contributed by atoms with Crippen LogP contribution >= 0.6 is 0 Å². The van der Waals surface area contributed by atoms with E-state index in [1.54, 1.807) is 14.9 Å². The zero-order valence-electron chi connectivity index (χ0n) is 20.2. The zero-order valence-corrected chi connectivity index (χ0v) is 23.1. The molecule has 33 heavy (non-hydrogen) atoms. The van der Waals surface area contributed by atoms with Crippen molar-refractivity contribution in [3.63, 3.8) is 0 Å². The van der Waals surface area contributed by atoms with E-state index in [1.165, 1.54) is 25.7 Å². The molecule has 0 saturated carbocycles. The van der Waals surface area contributed by atoms with Gasteiger partial charge < -0.3 is 29.2 Å². The van der Waals surface area contributed by atoms with Crippen molar-refractivity contribution in [2.75, 3.05) is 13.2 Å². The van der Waals surface area contributed by atoms with E-state index in [2.05, 4.69) is 20.4 Å². The van der Waals surface area contributed by atoms with Crippen LogP contribution in [0.3, 0.4) is 0 Å². The van der Waals surface area contributed by atoms with Crippen LogP contribution in [0.25, 0.3) is 0 Å². The van der Waals surface area contributed by atoms with Crippen LogP contribution in [0.15, 0.2) is 43.0 Å². The first-order valence-corrected chi connectivity index (χ1v) is 16.4. The third kappa shape index (κ3) is 9.96. The Morgan fingerprint density at radius 2 is 1.73 bits per heavy atom. The van der Waals surface area contributed by atoms with Gasteiger partial charge in [-0.1, -0.05) is 36.4 Å². The molecular weight excluding hydrogens is 527 g/mol. The Morgan fingerprint density at radius 3 is 2.36 bits per heavy atom. The van der Waals surface area contributed by atoms with Gasteiger partial charge >= 0.3 is 69.5 Å².